The Morgan fingerprint density at radius 3 is 2.80 bits per heavy atom. The molecule has 0 aliphatic heterocycles. The zero-order valence-corrected chi connectivity index (χ0v) is 14.7. The second-order valence-corrected chi connectivity index (χ2v) is 6.00. The van der Waals surface area contributed by atoms with Crippen LogP contribution in [0.5, 0.6) is 0 Å². The number of hydrogen-bond donors (Lipinski definition) is 0. The summed E-state index contributed by atoms with van der Waals surface area (Å²) < 4.78 is 6.33. The van der Waals surface area contributed by atoms with Crippen LogP contribution in [0.1, 0.15) is 31.1 Å². The lowest BCUT2D eigenvalue weighted by atomic mass is 10.2. The van der Waals surface area contributed by atoms with Crippen molar-refractivity contribution in [3.8, 4) is 0 Å². The van der Waals surface area contributed by atoms with Crippen molar-refractivity contribution in [1.29, 1.82) is 0 Å². The first-order chi connectivity index (χ1) is 11.9. The lowest BCUT2D eigenvalue weighted by molar-refractivity contribution is -0.121. The third-order valence-electron chi connectivity index (χ3n) is 4.26. The van der Waals surface area contributed by atoms with Crippen LogP contribution >= 0.6 is 0 Å². The molecule has 3 aromatic rings. The Labute approximate surface area is 144 Å². The molecule has 2 aromatic heterocycles. The van der Waals surface area contributed by atoms with Gasteiger partial charge in [-0.05, 0) is 45.4 Å². The number of hydrogen-bond acceptors (Lipinski definition) is 5. The Kier molecular flexibility index (Phi) is 4.39. The number of benzene rings is 1. The van der Waals surface area contributed by atoms with Gasteiger partial charge in [-0.15, -0.1) is 0 Å². The molecule has 7 heteroatoms. The van der Waals surface area contributed by atoms with E-state index < -0.39 is 6.04 Å². The molecule has 1 aromatic carbocycles. The highest BCUT2D eigenvalue weighted by Crippen LogP contribution is 2.20. The van der Waals surface area contributed by atoms with Gasteiger partial charge in [0.05, 0.1) is 5.69 Å². The molecule has 1 atom stereocenters. The van der Waals surface area contributed by atoms with Crippen molar-refractivity contribution in [2.75, 3.05) is 11.4 Å². The van der Waals surface area contributed by atoms with Crippen LogP contribution in [0.25, 0.3) is 11.1 Å². The minimum atomic E-state index is -0.695. The minimum Gasteiger partial charge on any atom is -0.335 e. The summed E-state index contributed by atoms with van der Waals surface area (Å²) in [4.78, 5) is 31.5. The molecule has 7 nitrogen and oxygen atoms in total. The van der Waals surface area contributed by atoms with Crippen molar-refractivity contribution in [2.45, 2.75) is 33.7 Å². The van der Waals surface area contributed by atoms with Crippen LogP contribution in [0.3, 0.4) is 0 Å². The molecule has 0 bridgehead atoms. The van der Waals surface area contributed by atoms with Gasteiger partial charge in [-0.1, -0.05) is 17.3 Å². The SMILES string of the molecule is CCN(C(=O)[C@H](C)n1cnc2onc(C)c2c1=O)c1cccc(C)c1. The number of anilines is 1. The monoisotopic (exact) mass is 340 g/mol. The molecule has 130 valence electrons. The fraction of sp³-hybridized carbons (Fsp3) is 0.333. The Hall–Kier alpha value is -2.96. The number of aryl methyl sites for hydroxylation is 2. The van der Waals surface area contributed by atoms with Crippen molar-refractivity contribution in [3.63, 3.8) is 0 Å². The predicted molar refractivity (Wildman–Crippen MR) is 94.7 cm³/mol. The zero-order chi connectivity index (χ0) is 18.1. The average molecular weight is 340 g/mol. The molecule has 0 aliphatic carbocycles. The second-order valence-electron chi connectivity index (χ2n) is 6.00. The van der Waals surface area contributed by atoms with Crippen LogP contribution in [0.2, 0.25) is 0 Å². The molecular weight excluding hydrogens is 320 g/mol. The van der Waals surface area contributed by atoms with Gasteiger partial charge in [-0.2, -0.15) is 0 Å². The van der Waals surface area contributed by atoms with Crippen molar-refractivity contribution in [3.05, 3.63) is 52.2 Å². The molecular formula is C18H20N4O3. The van der Waals surface area contributed by atoms with Crippen LogP contribution in [0.4, 0.5) is 5.69 Å². The molecule has 3 rings (SSSR count). The molecule has 2 heterocycles. The normalized spacial score (nSPS) is 12.3. The Bertz CT molecular complexity index is 989. The first-order valence-corrected chi connectivity index (χ1v) is 8.15. The number of likely N-dealkylation sites (N-methyl/N-ethyl adjacent to an activating group) is 1. The van der Waals surface area contributed by atoms with E-state index in [9.17, 15) is 9.59 Å². The molecule has 0 unspecified atom stereocenters. The van der Waals surface area contributed by atoms with Gasteiger partial charge >= 0.3 is 0 Å². The summed E-state index contributed by atoms with van der Waals surface area (Å²) in [5.74, 6) is -0.176. The standard InChI is InChI=1S/C18H20N4O3/c1-5-21(14-8-6-7-11(2)9-14)17(23)13(4)22-10-19-16-15(18(22)24)12(3)20-25-16/h6-10,13H,5H2,1-4H3/t13-/m0/s1. The molecule has 0 N–H and O–H groups in total. The van der Waals surface area contributed by atoms with Gasteiger partial charge in [-0.25, -0.2) is 4.98 Å². The number of carbonyl (C=O) groups is 1. The second kappa shape index (κ2) is 6.51. The molecule has 0 radical (unpaired) electrons. The lowest BCUT2D eigenvalue weighted by Gasteiger charge is -2.25. The molecule has 0 saturated heterocycles. The largest absolute Gasteiger partial charge is 0.335 e. The Balaban J connectivity index is 2.00. The first-order valence-electron chi connectivity index (χ1n) is 8.15. The highest BCUT2D eigenvalue weighted by Gasteiger charge is 2.25. The highest BCUT2D eigenvalue weighted by atomic mass is 16.5. The van der Waals surface area contributed by atoms with Crippen LogP contribution in [0, 0.1) is 13.8 Å². The van der Waals surface area contributed by atoms with Crippen molar-refractivity contribution in [2.24, 2.45) is 0 Å². The van der Waals surface area contributed by atoms with Crippen LogP contribution in [0.15, 0.2) is 39.9 Å². The molecule has 0 fully saturated rings. The number of aromatic nitrogens is 3. The Morgan fingerprint density at radius 2 is 2.12 bits per heavy atom. The fourth-order valence-electron chi connectivity index (χ4n) is 2.87. The van der Waals surface area contributed by atoms with Crippen molar-refractivity contribution < 1.29 is 9.32 Å². The van der Waals surface area contributed by atoms with Gasteiger partial charge < -0.3 is 9.42 Å². The lowest BCUT2D eigenvalue weighted by Crippen LogP contribution is -2.39. The van der Waals surface area contributed by atoms with E-state index in [0.717, 1.165) is 11.3 Å². The van der Waals surface area contributed by atoms with Crippen LogP contribution < -0.4 is 10.5 Å². The number of rotatable bonds is 4. The van der Waals surface area contributed by atoms with Gasteiger partial charge in [0.2, 0.25) is 5.91 Å². The van der Waals surface area contributed by atoms with Gasteiger partial charge in [0.25, 0.3) is 11.3 Å². The minimum absolute atomic E-state index is 0.176. The van der Waals surface area contributed by atoms with E-state index in [-0.39, 0.29) is 17.2 Å². The third kappa shape index (κ3) is 2.93. The van der Waals surface area contributed by atoms with Gasteiger partial charge in [0.15, 0.2) is 0 Å². The van der Waals surface area contributed by atoms with Gasteiger partial charge in [-0.3, -0.25) is 14.2 Å². The summed E-state index contributed by atoms with van der Waals surface area (Å²) in [7, 11) is 0. The summed E-state index contributed by atoms with van der Waals surface area (Å²) in [6, 6.07) is 7.02. The number of fused-ring (bicyclic) bond motifs is 1. The number of nitrogens with zero attached hydrogens (tertiary/aromatic N) is 4. The topological polar surface area (TPSA) is 81.2 Å². The van der Waals surface area contributed by atoms with E-state index in [1.165, 1.54) is 10.9 Å². The number of carbonyl (C=O) groups excluding carboxylic acids is 1. The average Bonchev–Trinajstić information content (AvgIpc) is 2.97. The predicted octanol–water partition coefficient (Wildman–Crippen LogP) is 2.62. The quantitative estimate of drug-likeness (QED) is 0.729. The summed E-state index contributed by atoms with van der Waals surface area (Å²) in [6.07, 6.45) is 1.34. The molecule has 0 saturated carbocycles. The molecule has 25 heavy (non-hydrogen) atoms. The molecule has 0 aliphatic rings. The molecule has 1 amide bonds. The summed E-state index contributed by atoms with van der Waals surface area (Å²) in [6.45, 7) is 7.75. The number of amides is 1. The van der Waals surface area contributed by atoms with E-state index >= 15 is 0 Å². The van der Waals surface area contributed by atoms with E-state index in [0.29, 0.717) is 17.6 Å². The summed E-state index contributed by atoms with van der Waals surface area (Å²) in [5.41, 5.74) is 2.20. The smallest absolute Gasteiger partial charge is 0.267 e. The fourth-order valence-corrected chi connectivity index (χ4v) is 2.87. The maximum Gasteiger partial charge on any atom is 0.267 e. The maximum atomic E-state index is 13.0. The van der Waals surface area contributed by atoms with E-state index in [4.69, 9.17) is 4.52 Å². The van der Waals surface area contributed by atoms with Crippen molar-refractivity contribution >= 4 is 22.7 Å². The van der Waals surface area contributed by atoms with Gasteiger partial charge in [0, 0.05) is 12.2 Å². The summed E-state index contributed by atoms with van der Waals surface area (Å²) >= 11 is 0. The van der Waals surface area contributed by atoms with Gasteiger partial charge in [0.1, 0.15) is 17.8 Å². The van der Waals surface area contributed by atoms with Crippen LogP contribution in [-0.2, 0) is 4.79 Å². The van der Waals surface area contributed by atoms with Crippen LogP contribution in [-0.4, -0.2) is 27.2 Å². The zero-order valence-electron chi connectivity index (χ0n) is 14.7. The van der Waals surface area contributed by atoms with E-state index in [1.807, 2.05) is 38.1 Å². The highest BCUT2D eigenvalue weighted by molar-refractivity contribution is 5.96. The van der Waals surface area contributed by atoms with E-state index in [1.54, 1.807) is 18.7 Å². The third-order valence-corrected chi connectivity index (χ3v) is 4.26. The van der Waals surface area contributed by atoms with Crippen molar-refractivity contribution in [1.82, 2.24) is 14.7 Å². The first kappa shape index (κ1) is 16.9. The molecule has 0 spiro atoms. The van der Waals surface area contributed by atoms with E-state index in [2.05, 4.69) is 10.1 Å². The maximum absolute atomic E-state index is 13.0. The summed E-state index contributed by atoms with van der Waals surface area (Å²) in [5, 5.41) is 4.07. The Morgan fingerprint density at radius 1 is 1.36 bits per heavy atom.